The van der Waals surface area contributed by atoms with Gasteiger partial charge in [-0.25, -0.2) is 0 Å². The summed E-state index contributed by atoms with van der Waals surface area (Å²) in [4.78, 5) is 13.0. The third-order valence-corrected chi connectivity index (χ3v) is 3.29. The lowest BCUT2D eigenvalue weighted by atomic mass is 10.1. The molecule has 0 aromatic heterocycles. The van der Waals surface area contributed by atoms with Gasteiger partial charge in [0.25, 0.3) is 0 Å². The molecule has 2 rings (SSSR count). The molecular formula is C14H21N3O. The Balaban J connectivity index is 1.86. The van der Waals surface area contributed by atoms with Gasteiger partial charge < -0.3 is 16.0 Å². The van der Waals surface area contributed by atoms with E-state index in [4.69, 9.17) is 5.73 Å². The van der Waals surface area contributed by atoms with Crippen LogP contribution in [0.4, 0.5) is 5.69 Å². The van der Waals surface area contributed by atoms with E-state index in [0.717, 1.165) is 0 Å². The Labute approximate surface area is 108 Å². The van der Waals surface area contributed by atoms with Crippen molar-refractivity contribution in [3.8, 4) is 0 Å². The lowest BCUT2D eigenvalue weighted by Crippen LogP contribution is -2.29. The van der Waals surface area contributed by atoms with Gasteiger partial charge in [-0.15, -0.1) is 0 Å². The number of carbonyl (C=O) groups excluding carboxylic acids is 1. The fourth-order valence-electron chi connectivity index (χ4n) is 2.31. The van der Waals surface area contributed by atoms with Crippen molar-refractivity contribution in [2.75, 3.05) is 24.5 Å². The zero-order valence-electron chi connectivity index (χ0n) is 10.7. The number of hydrogen-bond donors (Lipinski definition) is 2. The summed E-state index contributed by atoms with van der Waals surface area (Å²) in [7, 11) is 0. The molecule has 0 radical (unpaired) electrons. The molecule has 1 aliphatic heterocycles. The van der Waals surface area contributed by atoms with Crippen LogP contribution in [0.3, 0.4) is 0 Å². The second kappa shape index (κ2) is 6.40. The van der Waals surface area contributed by atoms with Crippen LogP contribution in [-0.4, -0.2) is 25.5 Å². The van der Waals surface area contributed by atoms with Gasteiger partial charge in [0.2, 0.25) is 5.91 Å². The highest BCUT2D eigenvalue weighted by Gasteiger charge is 2.10. The van der Waals surface area contributed by atoms with E-state index < -0.39 is 0 Å². The quantitative estimate of drug-likeness (QED) is 0.823. The second-order valence-electron chi connectivity index (χ2n) is 4.78. The molecule has 4 nitrogen and oxygen atoms in total. The van der Waals surface area contributed by atoms with Crippen LogP contribution in [0.2, 0.25) is 0 Å². The van der Waals surface area contributed by atoms with Crippen LogP contribution in [0.1, 0.15) is 24.8 Å². The number of anilines is 1. The number of nitrogens with two attached hydrogens (primary N) is 1. The van der Waals surface area contributed by atoms with E-state index in [9.17, 15) is 4.79 Å². The summed E-state index contributed by atoms with van der Waals surface area (Å²) in [5.74, 6) is -0.320. The van der Waals surface area contributed by atoms with Crippen molar-refractivity contribution >= 4 is 11.6 Å². The number of hydrogen-bond acceptors (Lipinski definition) is 3. The number of piperidine rings is 1. The smallest absolute Gasteiger partial charge is 0.231 e. The molecule has 0 atom stereocenters. The number of nitrogens with zero attached hydrogens (tertiary/aromatic N) is 1. The van der Waals surface area contributed by atoms with Gasteiger partial charge in [-0.1, -0.05) is 12.1 Å². The van der Waals surface area contributed by atoms with E-state index in [1.807, 2.05) is 0 Å². The van der Waals surface area contributed by atoms with Crippen LogP contribution in [-0.2, 0) is 11.3 Å². The number of benzene rings is 1. The lowest BCUT2D eigenvalue weighted by molar-refractivity contribution is -0.117. The summed E-state index contributed by atoms with van der Waals surface area (Å²) in [5, 5.41) is 3.01. The number of carbonyl (C=O) groups is 1. The third-order valence-electron chi connectivity index (χ3n) is 3.29. The summed E-state index contributed by atoms with van der Waals surface area (Å²) < 4.78 is 0. The molecule has 4 heteroatoms. The predicted octanol–water partition coefficient (Wildman–Crippen LogP) is 1.25. The minimum Gasteiger partial charge on any atom is -0.372 e. The fraction of sp³-hybridized carbons (Fsp3) is 0.500. The first kappa shape index (κ1) is 12.9. The molecule has 3 N–H and O–H groups in total. The molecule has 0 unspecified atom stereocenters. The normalized spacial score (nSPS) is 15.7. The molecule has 1 amide bonds. The molecule has 0 spiro atoms. The van der Waals surface area contributed by atoms with Gasteiger partial charge in [0.05, 0.1) is 6.54 Å². The van der Waals surface area contributed by atoms with Gasteiger partial charge in [0, 0.05) is 25.3 Å². The van der Waals surface area contributed by atoms with Gasteiger partial charge in [-0.05, 0) is 37.0 Å². The predicted molar refractivity (Wildman–Crippen MR) is 73.4 cm³/mol. The first-order chi connectivity index (χ1) is 8.75. The van der Waals surface area contributed by atoms with Crippen molar-refractivity contribution in [1.29, 1.82) is 0 Å². The van der Waals surface area contributed by atoms with Crippen molar-refractivity contribution in [3.63, 3.8) is 0 Å². The molecule has 0 saturated carbocycles. The van der Waals surface area contributed by atoms with Crippen molar-refractivity contribution in [2.24, 2.45) is 5.73 Å². The van der Waals surface area contributed by atoms with Gasteiger partial charge in [0.1, 0.15) is 0 Å². The molecule has 1 aromatic carbocycles. The number of amides is 1. The van der Waals surface area contributed by atoms with E-state index >= 15 is 0 Å². The second-order valence-corrected chi connectivity index (χ2v) is 4.78. The van der Waals surface area contributed by atoms with Crippen LogP contribution in [0.25, 0.3) is 0 Å². The largest absolute Gasteiger partial charge is 0.372 e. The molecule has 1 aliphatic rings. The maximum Gasteiger partial charge on any atom is 0.231 e. The molecular weight excluding hydrogens is 226 g/mol. The zero-order chi connectivity index (χ0) is 12.8. The van der Waals surface area contributed by atoms with Crippen LogP contribution in [0, 0.1) is 0 Å². The average Bonchev–Trinajstić information content (AvgIpc) is 2.40. The monoisotopic (exact) mass is 247 g/mol. The van der Waals surface area contributed by atoms with E-state index in [1.165, 1.54) is 43.6 Å². The Hall–Kier alpha value is -1.55. The van der Waals surface area contributed by atoms with Gasteiger partial charge >= 0.3 is 0 Å². The topological polar surface area (TPSA) is 58.4 Å². The molecule has 1 fully saturated rings. The molecule has 0 bridgehead atoms. The number of primary amides is 1. The van der Waals surface area contributed by atoms with Crippen LogP contribution in [0.5, 0.6) is 0 Å². The van der Waals surface area contributed by atoms with Crippen LogP contribution >= 0.6 is 0 Å². The Morgan fingerprint density at radius 3 is 2.44 bits per heavy atom. The Morgan fingerprint density at radius 2 is 1.83 bits per heavy atom. The average molecular weight is 247 g/mol. The SMILES string of the molecule is NC(=O)CNCc1ccc(N2CCCCC2)cc1. The van der Waals surface area contributed by atoms with E-state index in [1.54, 1.807) is 0 Å². The van der Waals surface area contributed by atoms with Crippen molar-refractivity contribution in [3.05, 3.63) is 29.8 Å². The summed E-state index contributed by atoms with van der Waals surface area (Å²) in [6.45, 7) is 3.25. The summed E-state index contributed by atoms with van der Waals surface area (Å²) in [6, 6.07) is 8.54. The minimum absolute atomic E-state index is 0.230. The van der Waals surface area contributed by atoms with Crippen LogP contribution < -0.4 is 16.0 Å². The molecule has 98 valence electrons. The lowest BCUT2D eigenvalue weighted by Gasteiger charge is -2.28. The molecule has 1 heterocycles. The van der Waals surface area contributed by atoms with E-state index in [0.29, 0.717) is 6.54 Å². The number of rotatable bonds is 5. The van der Waals surface area contributed by atoms with Gasteiger partial charge in [-0.3, -0.25) is 4.79 Å². The maximum absolute atomic E-state index is 10.6. The molecule has 1 aromatic rings. The fourth-order valence-corrected chi connectivity index (χ4v) is 2.31. The van der Waals surface area contributed by atoms with Crippen molar-refractivity contribution < 1.29 is 4.79 Å². The first-order valence-corrected chi connectivity index (χ1v) is 6.58. The van der Waals surface area contributed by atoms with E-state index in [-0.39, 0.29) is 12.5 Å². The van der Waals surface area contributed by atoms with Crippen molar-refractivity contribution in [2.45, 2.75) is 25.8 Å². The molecule has 1 saturated heterocycles. The maximum atomic E-state index is 10.6. The minimum atomic E-state index is -0.320. The molecule has 18 heavy (non-hydrogen) atoms. The Morgan fingerprint density at radius 1 is 1.17 bits per heavy atom. The highest BCUT2D eigenvalue weighted by Crippen LogP contribution is 2.20. The van der Waals surface area contributed by atoms with E-state index in [2.05, 4.69) is 34.5 Å². The zero-order valence-corrected chi connectivity index (χ0v) is 10.7. The first-order valence-electron chi connectivity index (χ1n) is 6.58. The van der Waals surface area contributed by atoms with Crippen LogP contribution in [0.15, 0.2) is 24.3 Å². The van der Waals surface area contributed by atoms with Crippen molar-refractivity contribution in [1.82, 2.24) is 5.32 Å². The van der Waals surface area contributed by atoms with Gasteiger partial charge in [0.15, 0.2) is 0 Å². The standard InChI is InChI=1S/C14H21N3O/c15-14(18)11-16-10-12-4-6-13(7-5-12)17-8-2-1-3-9-17/h4-7,16H,1-3,8-11H2,(H2,15,18). The Kier molecular flexibility index (Phi) is 4.59. The molecule has 0 aliphatic carbocycles. The highest BCUT2D eigenvalue weighted by molar-refractivity contribution is 5.75. The number of nitrogens with one attached hydrogen (secondary N) is 1. The summed E-state index contributed by atoms with van der Waals surface area (Å²) in [5.41, 5.74) is 7.55. The summed E-state index contributed by atoms with van der Waals surface area (Å²) in [6.07, 6.45) is 3.94. The Bertz CT molecular complexity index is 383. The van der Waals surface area contributed by atoms with Gasteiger partial charge in [-0.2, -0.15) is 0 Å². The third kappa shape index (κ3) is 3.74. The summed E-state index contributed by atoms with van der Waals surface area (Å²) >= 11 is 0. The highest BCUT2D eigenvalue weighted by atomic mass is 16.1.